The molecule has 0 saturated carbocycles. The third-order valence-electron chi connectivity index (χ3n) is 19.2. The van der Waals surface area contributed by atoms with Crippen molar-refractivity contribution in [1.82, 2.24) is 79.1 Å². The van der Waals surface area contributed by atoms with Gasteiger partial charge in [0.05, 0.1) is 6.42 Å². The number of para-hydroxylation sites is 2. The van der Waals surface area contributed by atoms with Crippen molar-refractivity contribution >= 4 is 122 Å². The van der Waals surface area contributed by atoms with Crippen LogP contribution in [0.4, 0.5) is 0 Å². The molecule has 0 aliphatic heterocycles. The predicted octanol–water partition coefficient (Wildman–Crippen LogP) is -2.55. The smallest absolute Gasteiger partial charge is 0.243 e. The molecule has 0 saturated heterocycles. The van der Waals surface area contributed by atoms with Crippen LogP contribution in [0.25, 0.3) is 21.8 Å². The molecule has 0 aliphatic carbocycles. The first-order valence-corrected chi connectivity index (χ1v) is 40.5. The lowest BCUT2D eigenvalue weighted by atomic mass is 9.98. The Kier molecular flexibility index (Phi) is 42.0. The monoisotopic (exact) mass is 1630 g/mol. The first kappa shape index (κ1) is 95.0. The molecule has 0 unspecified atom stereocenters. The number of carbonyl (C=O) groups is 12. The summed E-state index contributed by atoms with van der Waals surface area (Å²) in [4.78, 5) is 179. The number of benzene rings is 3. The number of primary amides is 2. The summed E-state index contributed by atoms with van der Waals surface area (Å²) in [5, 5.41) is 59.9. The Bertz CT molecular complexity index is 4070. The molecule has 0 spiro atoms. The number of thioether (sulfide) groups is 1. The molecule has 34 N–H and O–H groups in total. The van der Waals surface area contributed by atoms with Crippen molar-refractivity contribution in [1.29, 1.82) is 16.2 Å². The molecule has 5 aromatic rings. The molecular formula is C77H120N26O12S. The van der Waals surface area contributed by atoms with E-state index in [2.05, 4.69) is 79.1 Å². The van der Waals surface area contributed by atoms with Crippen LogP contribution in [0.1, 0.15) is 133 Å². The number of H-pyrrole nitrogens is 2. The van der Waals surface area contributed by atoms with Crippen molar-refractivity contribution in [3.8, 4) is 0 Å². The second-order valence-corrected chi connectivity index (χ2v) is 29.5. The maximum Gasteiger partial charge on any atom is 0.243 e. The highest BCUT2D eigenvalue weighted by Crippen LogP contribution is 2.23. The van der Waals surface area contributed by atoms with E-state index in [0.29, 0.717) is 62.6 Å². The second-order valence-electron chi connectivity index (χ2n) is 28.5. The molecule has 2 aromatic heterocycles. The van der Waals surface area contributed by atoms with Crippen molar-refractivity contribution in [2.24, 2.45) is 51.8 Å². The number of carbonyl (C=O) groups excluding carboxylic acids is 12. The normalized spacial score (nSPS) is 14.0. The van der Waals surface area contributed by atoms with Gasteiger partial charge in [0.2, 0.25) is 70.9 Å². The fourth-order valence-electron chi connectivity index (χ4n) is 12.9. The number of amides is 12. The first-order valence-electron chi connectivity index (χ1n) is 39.1. The zero-order valence-corrected chi connectivity index (χ0v) is 66.8. The van der Waals surface area contributed by atoms with Crippen LogP contribution in [-0.4, -0.2) is 210 Å². The molecule has 0 aliphatic rings. The van der Waals surface area contributed by atoms with Crippen LogP contribution >= 0.6 is 11.8 Å². The Morgan fingerprint density at radius 1 is 0.362 bits per heavy atom. The molecule has 116 heavy (non-hydrogen) atoms. The summed E-state index contributed by atoms with van der Waals surface area (Å²) in [6.45, 7) is 2.56. The topological polar surface area (TPSA) is 673 Å². The van der Waals surface area contributed by atoms with Crippen molar-refractivity contribution < 1.29 is 57.5 Å². The van der Waals surface area contributed by atoms with Gasteiger partial charge >= 0.3 is 0 Å². The molecule has 0 radical (unpaired) electrons. The number of rotatable bonds is 56. The van der Waals surface area contributed by atoms with E-state index >= 15 is 0 Å². The predicted molar refractivity (Wildman–Crippen MR) is 445 cm³/mol. The Hall–Kier alpha value is -11.6. The summed E-state index contributed by atoms with van der Waals surface area (Å²) < 4.78 is 0. The minimum Gasteiger partial charge on any atom is -0.370 e. The number of hydrogen-bond donors (Lipinski definition) is 26. The fourth-order valence-corrected chi connectivity index (χ4v) is 13.4. The second kappa shape index (κ2) is 51.3. The van der Waals surface area contributed by atoms with Gasteiger partial charge in [-0.05, 0) is 170 Å². The van der Waals surface area contributed by atoms with Gasteiger partial charge in [-0.2, -0.15) is 11.8 Å². The van der Waals surface area contributed by atoms with E-state index in [1.165, 1.54) is 11.8 Å². The lowest BCUT2D eigenvalue weighted by Crippen LogP contribution is -2.61. The van der Waals surface area contributed by atoms with Gasteiger partial charge in [0.25, 0.3) is 0 Å². The van der Waals surface area contributed by atoms with Crippen LogP contribution < -0.4 is 115 Å². The van der Waals surface area contributed by atoms with E-state index in [4.69, 9.17) is 62.1 Å². The SMILES string of the molecule is CSCC[C@H](NC(=O)[C@H](CCCNC(=N)N)NC(=O)[C@H](CCCNC(=N)N)NC(=O)[C@H](CC(N)=O)NC(=O)[C@H](CCCNC(=N)N)NC(=O)[C@H](Cc1ccccc1)NC(=O)[C@@H](C)Cc1c[nH]c2ccccc12)C(=O)N[C@@H](CCCCN)C(=O)N[C@@H](Cc1c[nH]c2ccccc12)C(=O)N[C@@H](CCCCN)C(=O)N[C@@H](CCCCN)C(N)=O. The summed E-state index contributed by atoms with van der Waals surface area (Å²) in [5.74, 6) is -12.0. The van der Waals surface area contributed by atoms with Gasteiger partial charge in [-0.1, -0.05) is 73.7 Å². The van der Waals surface area contributed by atoms with Gasteiger partial charge in [-0.15, -0.1) is 0 Å². The van der Waals surface area contributed by atoms with E-state index in [0.717, 1.165) is 27.4 Å². The average Bonchev–Trinajstić information content (AvgIpc) is 1.75. The largest absolute Gasteiger partial charge is 0.370 e. The van der Waals surface area contributed by atoms with E-state index in [-0.39, 0.29) is 121 Å². The molecule has 12 amide bonds. The van der Waals surface area contributed by atoms with Crippen LogP contribution in [0.3, 0.4) is 0 Å². The molecule has 11 atom stereocenters. The fraction of sp³-hybridized carbons (Fsp3) is 0.519. The highest BCUT2D eigenvalue weighted by atomic mass is 32.2. The number of guanidine groups is 3. The molecule has 3 aromatic carbocycles. The Morgan fingerprint density at radius 2 is 0.672 bits per heavy atom. The molecule has 38 nitrogen and oxygen atoms in total. The molecule has 0 bridgehead atoms. The third-order valence-corrected chi connectivity index (χ3v) is 19.8. The molecule has 2 heterocycles. The summed E-state index contributed by atoms with van der Waals surface area (Å²) in [6, 6.07) is 9.34. The van der Waals surface area contributed by atoms with Gasteiger partial charge in [-0.3, -0.25) is 73.8 Å². The molecule has 5 rings (SSSR count). The van der Waals surface area contributed by atoms with E-state index in [1.807, 2.05) is 48.7 Å². The van der Waals surface area contributed by atoms with E-state index < -0.39 is 156 Å². The summed E-state index contributed by atoms with van der Waals surface area (Å²) in [5.41, 5.74) is 49.4. The molecule has 636 valence electrons. The van der Waals surface area contributed by atoms with Crippen LogP contribution in [0.15, 0.2) is 91.3 Å². The number of hydrogen-bond acceptors (Lipinski definition) is 19. The van der Waals surface area contributed by atoms with E-state index in [1.54, 1.807) is 55.8 Å². The maximum atomic E-state index is 15.0. The van der Waals surface area contributed by atoms with Crippen LogP contribution in [0.5, 0.6) is 0 Å². The van der Waals surface area contributed by atoms with Gasteiger partial charge in [0, 0.05) is 72.6 Å². The minimum absolute atomic E-state index is 0.00585. The lowest BCUT2D eigenvalue weighted by Gasteiger charge is -2.28. The van der Waals surface area contributed by atoms with Gasteiger partial charge in [0.1, 0.15) is 60.4 Å². The Morgan fingerprint density at radius 3 is 1.05 bits per heavy atom. The van der Waals surface area contributed by atoms with Crippen molar-refractivity contribution in [2.45, 2.75) is 196 Å². The Labute approximate surface area is 678 Å². The molecule has 39 heteroatoms. The van der Waals surface area contributed by atoms with Crippen molar-refractivity contribution in [2.75, 3.05) is 51.3 Å². The number of fused-ring (bicyclic) bond motifs is 2. The zero-order valence-electron chi connectivity index (χ0n) is 66.0. The summed E-state index contributed by atoms with van der Waals surface area (Å²) in [6.07, 6.45) is 6.88. The first-order chi connectivity index (χ1) is 55.5. The van der Waals surface area contributed by atoms with Gasteiger partial charge in [-0.25, -0.2) is 0 Å². The van der Waals surface area contributed by atoms with Crippen molar-refractivity contribution in [3.63, 3.8) is 0 Å². The van der Waals surface area contributed by atoms with Gasteiger partial charge in [0.15, 0.2) is 17.9 Å². The third kappa shape index (κ3) is 33.8. The minimum atomic E-state index is -1.84. The highest BCUT2D eigenvalue weighted by Gasteiger charge is 2.37. The Balaban J connectivity index is 1.44. The average molecular weight is 1630 g/mol. The number of aromatic nitrogens is 2. The van der Waals surface area contributed by atoms with Crippen LogP contribution in [-0.2, 0) is 76.8 Å². The quantitative estimate of drug-likeness (QED) is 0.0108. The zero-order chi connectivity index (χ0) is 85.1. The van der Waals surface area contributed by atoms with Crippen LogP contribution in [0, 0.1) is 22.1 Å². The number of aromatic amines is 2. The lowest BCUT2D eigenvalue weighted by molar-refractivity contribution is -0.136. The van der Waals surface area contributed by atoms with Crippen molar-refractivity contribution in [3.05, 3.63) is 108 Å². The summed E-state index contributed by atoms with van der Waals surface area (Å²) >= 11 is 1.32. The van der Waals surface area contributed by atoms with Crippen LogP contribution in [0.2, 0.25) is 0 Å². The molecular weight excluding hydrogens is 1510 g/mol. The molecule has 0 fully saturated rings. The number of nitrogens with one attached hydrogen (secondary N) is 18. The summed E-state index contributed by atoms with van der Waals surface area (Å²) in [7, 11) is 0. The maximum absolute atomic E-state index is 15.0. The number of unbranched alkanes of at least 4 members (excludes halogenated alkanes) is 3. The standard InChI is InChI=1S/C77H120N26O12S/c1-45(39-47-43-92-51-23-8-6-21-49(47)51)65(106)101-60(40-46-19-4-3-5-20-46)72(113)98-58(30-18-37-91-77(87)88)70(111)103-62(42-63(81)104)74(115)99-57(29-17-36-90-76(85)86)67(108)96-56(28-16-35-89-75(83)84)68(109)100-59(31-38-116-2)71(112)95-55(27-12-15-34-80)69(110)102-61(41-48-44-93-52-24-9-7-22-50(48)52)73(114)97-54(26-11-14-33-79)66(107)94-53(64(82)105)25-10-13-32-78/h3-9,19-24,43-45,53-62,92-93H,10-18,25-42,78-80H2,1-2H3,(H2,81,104)(H2,82,105)(H,94,107)(H,95,112)(H,96,108)(H,97,114)(H,98,113)(H,99,115)(H,100,109)(H,101,106)(H,102,110)(H,103,111)(H4,83,84,89)(H4,85,86,90)(H4,87,88,91)/t45-,53-,54-,55-,56-,57-,58-,59-,60-,61-,62-/m0/s1. The number of nitrogens with two attached hydrogens (primary N) is 8. The van der Waals surface area contributed by atoms with Gasteiger partial charge < -0.3 is 125 Å². The highest BCUT2D eigenvalue weighted by molar-refractivity contribution is 7.98. The van der Waals surface area contributed by atoms with E-state index in [9.17, 15) is 57.5 Å².